The zero-order valence-corrected chi connectivity index (χ0v) is 22.9. The highest BCUT2D eigenvalue weighted by molar-refractivity contribution is 6.32. The summed E-state index contributed by atoms with van der Waals surface area (Å²) in [5.74, 6) is -10.2. The number of carbonyl (C=O) groups excluding carboxylic acids is 5. The molecule has 10 nitrogen and oxygen atoms in total. The van der Waals surface area contributed by atoms with Gasteiger partial charge in [0.05, 0.1) is 17.5 Å². The van der Waals surface area contributed by atoms with Crippen LogP contribution in [0.3, 0.4) is 0 Å². The number of nitrogens with zero attached hydrogens (tertiary/aromatic N) is 2. The molecule has 1 aromatic carbocycles. The lowest BCUT2D eigenvalue weighted by Gasteiger charge is -2.52. The van der Waals surface area contributed by atoms with Gasteiger partial charge < -0.3 is 15.9 Å². The van der Waals surface area contributed by atoms with Gasteiger partial charge in [0.15, 0.2) is 34.7 Å². The first kappa shape index (κ1) is 27.6. The van der Waals surface area contributed by atoms with Gasteiger partial charge in [-0.05, 0) is 81.4 Å². The van der Waals surface area contributed by atoms with Crippen LogP contribution < -0.4 is 5.73 Å². The van der Waals surface area contributed by atoms with Gasteiger partial charge in [0.2, 0.25) is 5.91 Å². The summed E-state index contributed by atoms with van der Waals surface area (Å²) in [5, 5.41) is 22.5. The topological polar surface area (TPSA) is 158 Å². The molecular weight excluding hydrogens is 502 g/mol. The first-order valence-corrected chi connectivity index (χ1v) is 13.6. The summed E-state index contributed by atoms with van der Waals surface area (Å²) in [6.45, 7) is 7.01. The summed E-state index contributed by atoms with van der Waals surface area (Å²) in [7, 11) is 3.14. The molecule has 1 heterocycles. The molecule has 4 N–H and O–H groups in total. The Hall–Kier alpha value is -2.95. The number of hydrogen-bond acceptors (Lipinski definition) is 9. The van der Waals surface area contributed by atoms with E-state index >= 15 is 0 Å². The number of ketones is 4. The minimum Gasteiger partial charge on any atom is -0.507 e. The minimum absolute atomic E-state index is 0.0325. The van der Waals surface area contributed by atoms with Gasteiger partial charge in [0, 0.05) is 12.5 Å². The smallest absolute Gasteiger partial charge is 0.235 e. The Morgan fingerprint density at radius 1 is 1.10 bits per heavy atom. The summed E-state index contributed by atoms with van der Waals surface area (Å²) in [4.78, 5) is 69.9. The fraction of sp³-hybridized carbons (Fsp3) is 0.621. The molecule has 0 radical (unpaired) electrons. The lowest BCUT2D eigenvalue weighted by atomic mass is 9.52. The monoisotopic (exact) mass is 539 g/mol. The van der Waals surface area contributed by atoms with E-state index in [0.29, 0.717) is 17.5 Å². The lowest BCUT2D eigenvalue weighted by Crippen LogP contribution is -2.74. The maximum Gasteiger partial charge on any atom is 0.235 e. The number of carbonyl (C=O) groups is 5. The Morgan fingerprint density at radius 3 is 2.33 bits per heavy atom. The summed E-state index contributed by atoms with van der Waals surface area (Å²) < 4.78 is 0. The third kappa shape index (κ3) is 4.24. The third-order valence-electron chi connectivity index (χ3n) is 9.54. The molecule has 1 saturated heterocycles. The molecule has 1 aromatic rings. The highest BCUT2D eigenvalue weighted by Crippen LogP contribution is 2.50. The molecule has 1 aliphatic heterocycles. The number of amides is 1. The predicted molar refractivity (Wildman–Crippen MR) is 140 cm³/mol. The number of Topliss-reactive ketones (excluding diaryl/α,β-unsaturated/α-hetero) is 4. The summed E-state index contributed by atoms with van der Waals surface area (Å²) in [6, 6.07) is 2.35. The fourth-order valence-electron chi connectivity index (χ4n) is 7.36. The number of piperidine rings is 1. The Bertz CT molecular complexity index is 1280. The molecule has 0 spiro atoms. The van der Waals surface area contributed by atoms with Gasteiger partial charge in [0.1, 0.15) is 5.75 Å². The van der Waals surface area contributed by atoms with Crippen LogP contribution in [0.1, 0.15) is 54.6 Å². The molecule has 10 heteroatoms. The van der Waals surface area contributed by atoms with Crippen LogP contribution in [0.25, 0.3) is 0 Å². The molecule has 210 valence electrons. The molecule has 0 bridgehead atoms. The standard InChI is InChI=1S/C29H37N3O7/c1-28(2)5-7-32(8-6-28)13-14-9-15-11-16-12-17-22(31(3)4)24(35)21(27(30)38)26(37)29(17,39)25(36)20(16)23(34)19(15)18(33)10-14/h9-10,16-17,20-22,33,39H,5-8,11-13H2,1-4H3,(H2,30,38)/t16-,17-,20?,21?,22-,29-/m0/s1. The van der Waals surface area contributed by atoms with E-state index < -0.39 is 64.4 Å². The van der Waals surface area contributed by atoms with E-state index in [1.54, 1.807) is 20.2 Å². The Labute approximate surface area is 227 Å². The number of phenols is 1. The SMILES string of the molecule is CN(C)[C@@H]1C(=O)C(C(N)=O)C(=O)[C@@]2(O)C(=O)C3C(=O)c4c(O)cc(CN5CCC(C)(C)CC5)cc4C[C@H]3C[C@@H]12. The van der Waals surface area contributed by atoms with E-state index in [1.165, 1.54) is 4.90 Å². The van der Waals surface area contributed by atoms with E-state index in [4.69, 9.17) is 5.73 Å². The summed E-state index contributed by atoms with van der Waals surface area (Å²) in [5.41, 5.74) is 4.47. The molecule has 4 aliphatic rings. The van der Waals surface area contributed by atoms with E-state index in [-0.39, 0.29) is 24.2 Å². The van der Waals surface area contributed by atoms with E-state index in [1.807, 2.05) is 6.07 Å². The van der Waals surface area contributed by atoms with Gasteiger partial charge in [0.25, 0.3) is 0 Å². The van der Waals surface area contributed by atoms with Crippen molar-refractivity contribution in [3.8, 4) is 5.75 Å². The van der Waals surface area contributed by atoms with Crippen molar-refractivity contribution < 1.29 is 34.2 Å². The van der Waals surface area contributed by atoms with Crippen LogP contribution in [0, 0.1) is 29.1 Å². The number of aromatic hydroxyl groups is 1. The van der Waals surface area contributed by atoms with Crippen molar-refractivity contribution >= 4 is 29.0 Å². The Morgan fingerprint density at radius 2 is 1.74 bits per heavy atom. The van der Waals surface area contributed by atoms with Gasteiger partial charge in [-0.3, -0.25) is 33.8 Å². The molecule has 1 amide bonds. The lowest BCUT2D eigenvalue weighted by molar-refractivity contribution is -0.181. The average molecular weight is 540 g/mol. The van der Waals surface area contributed by atoms with Gasteiger partial charge in [-0.15, -0.1) is 0 Å². The number of hydrogen-bond donors (Lipinski definition) is 3. The number of likely N-dealkylation sites (tertiary alicyclic amines) is 1. The largest absolute Gasteiger partial charge is 0.507 e. The second-order valence-electron chi connectivity index (χ2n) is 12.9. The minimum atomic E-state index is -2.70. The van der Waals surface area contributed by atoms with Crippen molar-refractivity contribution in [3.05, 3.63) is 28.8 Å². The highest BCUT2D eigenvalue weighted by atomic mass is 16.3. The van der Waals surface area contributed by atoms with Crippen LogP contribution in [-0.2, 0) is 32.1 Å². The van der Waals surface area contributed by atoms with E-state index in [0.717, 1.165) is 31.5 Å². The number of phenolic OH excluding ortho intramolecular Hbond substituents is 1. The zero-order valence-electron chi connectivity index (χ0n) is 22.9. The maximum atomic E-state index is 13.8. The molecule has 0 aromatic heterocycles. The maximum absolute atomic E-state index is 13.8. The van der Waals surface area contributed by atoms with Crippen LogP contribution in [-0.4, -0.2) is 87.9 Å². The van der Waals surface area contributed by atoms with Crippen molar-refractivity contribution in [2.24, 2.45) is 34.8 Å². The predicted octanol–water partition coefficient (Wildman–Crippen LogP) is 0.489. The van der Waals surface area contributed by atoms with E-state index in [9.17, 15) is 34.2 Å². The molecule has 3 aliphatic carbocycles. The molecule has 39 heavy (non-hydrogen) atoms. The second kappa shape index (κ2) is 9.31. The number of nitrogens with two attached hydrogens (primary N) is 1. The molecule has 6 atom stereocenters. The Balaban J connectivity index is 1.49. The second-order valence-corrected chi connectivity index (χ2v) is 12.9. The van der Waals surface area contributed by atoms with Crippen LogP contribution >= 0.6 is 0 Å². The van der Waals surface area contributed by atoms with Gasteiger partial charge >= 0.3 is 0 Å². The van der Waals surface area contributed by atoms with Crippen LogP contribution in [0.15, 0.2) is 12.1 Å². The molecule has 5 rings (SSSR count). The average Bonchev–Trinajstić information content (AvgIpc) is 2.82. The van der Waals surface area contributed by atoms with Crippen LogP contribution in [0.2, 0.25) is 0 Å². The van der Waals surface area contributed by atoms with E-state index in [2.05, 4.69) is 18.7 Å². The quantitative estimate of drug-likeness (QED) is 0.463. The molecular formula is C29H37N3O7. The molecule has 2 unspecified atom stereocenters. The fourth-order valence-corrected chi connectivity index (χ4v) is 7.36. The number of benzene rings is 1. The highest BCUT2D eigenvalue weighted by Gasteiger charge is 2.69. The third-order valence-corrected chi connectivity index (χ3v) is 9.54. The Kier molecular flexibility index (Phi) is 6.59. The summed E-state index contributed by atoms with van der Waals surface area (Å²) in [6.07, 6.45) is 2.47. The van der Waals surface area contributed by atoms with Crippen molar-refractivity contribution in [2.45, 2.75) is 57.7 Å². The van der Waals surface area contributed by atoms with Crippen molar-refractivity contribution in [1.82, 2.24) is 9.80 Å². The van der Waals surface area contributed by atoms with Crippen molar-refractivity contribution in [2.75, 3.05) is 27.2 Å². The number of likely N-dealkylation sites (N-methyl/N-ethyl adjacent to an activating group) is 1. The van der Waals surface area contributed by atoms with Crippen LogP contribution in [0.4, 0.5) is 0 Å². The first-order valence-electron chi connectivity index (χ1n) is 13.6. The zero-order chi connectivity index (χ0) is 28.6. The molecule has 2 saturated carbocycles. The number of fused-ring (bicyclic) bond motifs is 3. The normalized spacial score (nSPS) is 34.5. The summed E-state index contributed by atoms with van der Waals surface area (Å²) >= 11 is 0. The number of aliphatic hydroxyl groups is 1. The van der Waals surface area contributed by atoms with Crippen molar-refractivity contribution in [3.63, 3.8) is 0 Å². The van der Waals surface area contributed by atoms with Crippen LogP contribution in [0.5, 0.6) is 5.75 Å². The van der Waals surface area contributed by atoms with Gasteiger partial charge in [-0.2, -0.15) is 0 Å². The van der Waals surface area contributed by atoms with Gasteiger partial charge in [-0.25, -0.2) is 0 Å². The first-order chi connectivity index (χ1) is 18.2. The van der Waals surface area contributed by atoms with Gasteiger partial charge in [-0.1, -0.05) is 19.9 Å². The number of primary amides is 1. The van der Waals surface area contributed by atoms with Crippen molar-refractivity contribution in [1.29, 1.82) is 0 Å². The number of rotatable bonds is 4. The molecule has 3 fully saturated rings.